The predicted octanol–water partition coefficient (Wildman–Crippen LogP) is 3.93. The number of rotatable bonds is 4. The molecule has 2 atom stereocenters. The van der Waals surface area contributed by atoms with Crippen LogP contribution in [0.25, 0.3) is 0 Å². The summed E-state index contributed by atoms with van der Waals surface area (Å²) in [6, 6.07) is 4.56. The maximum Gasteiger partial charge on any atom is 0.296 e. The number of nitro groups is 1. The normalized spacial score (nSPS) is 22.8. The lowest BCUT2D eigenvalue weighted by molar-refractivity contribution is -0.384. The van der Waals surface area contributed by atoms with Crippen molar-refractivity contribution in [2.75, 3.05) is 5.32 Å². The fourth-order valence-electron chi connectivity index (χ4n) is 3.13. The lowest BCUT2D eigenvalue weighted by atomic mass is 9.77. The topological polar surface area (TPSA) is 75.4 Å². The van der Waals surface area contributed by atoms with Crippen LogP contribution in [0.5, 0.6) is 5.75 Å². The number of phenols is 1. The summed E-state index contributed by atoms with van der Waals surface area (Å²) in [5.41, 5.74) is 0.448. The summed E-state index contributed by atoms with van der Waals surface area (Å²) in [6.07, 6.45) is 4.60. The lowest BCUT2D eigenvalue weighted by Gasteiger charge is -2.35. The average Bonchev–Trinajstić information content (AvgIpc) is 2.41. The van der Waals surface area contributed by atoms with Gasteiger partial charge < -0.3 is 10.4 Å². The Bertz CT molecular complexity index is 488. The molecule has 2 unspecified atom stereocenters. The summed E-state index contributed by atoms with van der Waals surface area (Å²) in [5.74, 6) is 1.02. The van der Waals surface area contributed by atoms with E-state index in [4.69, 9.17) is 0 Å². The molecule has 1 aromatic carbocycles. The number of aromatic hydroxyl groups is 1. The molecule has 0 aliphatic heterocycles. The van der Waals surface area contributed by atoms with Crippen LogP contribution in [0, 0.1) is 22.0 Å². The Morgan fingerprint density at radius 1 is 1.35 bits per heavy atom. The molecule has 1 aliphatic carbocycles. The van der Waals surface area contributed by atoms with Gasteiger partial charge >= 0.3 is 0 Å². The van der Waals surface area contributed by atoms with E-state index >= 15 is 0 Å². The van der Waals surface area contributed by atoms with Gasteiger partial charge in [-0.25, -0.2) is 0 Å². The molecule has 20 heavy (non-hydrogen) atoms. The Balaban J connectivity index is 2.22. The Labute approximate surface area is 119 Å². The highest BCUT2D eigenvalue weighted by atomic mass is 16.6. The van der Waals surface area contributed by atoms with Crippen molar-refractivity contribution >= 4 is 11.4 Å². The fraction of sp³-hybridized carbons (Fsp3) is 0.600. The minimum atomic E-state index is -0.449. The van der Waals surface area contributed by atoms with Gasteiger partial charge in [0.15, 0.2) is 0 Å². The van der Waals surface area contributed by atoms with E-state index in [-0.39, 0.29) is 17.5 Å². The van der Waals surface area contributed by atoms with Crippen LogP contribution in [0.3, 0.4) is 0 Å². The van der Waals surface area contributed by atoms with Gasteiger partial charge in [0.05, 0.1) is 11.0 Å². The molecule has 5 nitrogen and oxygen atoms in total. The molecule has 1 saturated carbocycles. The van der Waals surface area contributed by atoms with E-state index in [1.54, 1.807) is 6.07 Å². The van der Waals surface area contributed by atoms with Crippen LogP contribution in [0.4, 0.5) is 11.4 Å². The van der Waals surface area contributed by atoms with Crippen molar-refractivity contribution in [3.8, 4) is 5.75 Å². The Morgan fingerprint density at radius 2 is 2.05 bits per heavy atom. The molecular formula is C15H22N2O3. The molecule has 0 aromatic heterocycles. The zero-order valence-corrected chi connectivity index (χ0v) is 12.0. The van der Waals surface area contributed by atoms with Gasteiger partial charge in [-0.15, -0.1) is 0 Å². The maximum absolute atomic E-state index is 11.1. The zero-order valence-electron chi connectivity index (χ0n) is 12.0. The van der Waals surface area contributed by atoms with Crippen molar-refractivity contribution in [1.82, 2.24) is 0 Å². The van der Waals surface area contributed by atoms with Gasteiger partial charge in [-0.2, -0.15) is 0 Å². The third-order valence-electron chi connectivity index (χ3n) is 4.19. The fourth-order valence-corrected chi connectivity index (χ4v) is 3.13. The molecule has 0 heterocycles. The molecule has 2 N–H and O–H groups in total. The molecule has 2 rings (SSSR count). The van der Waals surface area contributed by atoms with Gasteiger partial charge in [0.2, 0.25) is 0 Å². The van der Waals surface area contributed by atoms with Crippen molar-refractivity contribution < 1.29 is 10.0 Å². The molecule has 1 fully saturated rings. The first-order valence-electron chi connectivity index (χ1n) is 7.23. The lowest BCUT2D eigenvalue weighted by Crippen LogP contribution is -2.35. The predicted molar refractivity (Wildman–Crippen MR) is 79.0 cm³/mol. The van der Waals surface area contributed by atoms with Crippen LogP contribution >= 0.6 is 0 Å². The Kier molecular flexibility index (Phi) is 4.47. The number of hydrogen-bond acceptors (Lipinski definition) is 4. The molecule has 0 radical (unpaired) electrons. The van der Waals surface area contributed by atoms with E-state index < -0.39 is 4.92 Å². The monoisotopic (exact) mass is 278 g/mol. The highest BCUT2D eigenvalue weighted by Crippen LogP contribution is 2.35. The third-order valence-corrected chi connectivity index (χ3v) is 4.19. The second-order valence-corrected chi connectivity index (χ2v) is 5.90. The molecule has 110 valence electrons. The van der Waals surface area contributed by atoms with E-state index in [0.29, 0.717) is 17.5 Å². The standard InChI is InChI=1S/C15H22N2O3/c1-10(2)12-5-3-4-6-13(12)16-14-8-7-11(18)9-15(14)17(19)20/h7-10,12-13,16,18H,3-6H2,1-2H3. The van der Waals surface area contributed by atoms with Gasteiger partial charge in [-0.05, 0) is 36.8 Å². The third kappa shape index (κ3) is 3.21. The van der Waals surface area contributed by atoms with Crippen LogP contribution in [-0.2, 0) is 0 Å². The van der Waals surface area contributed by atoms with Crippen LogP contribution in [-0.4, -0.2) is 16.1 Å². The van der Waals surface area contributed by atoms with E-state index in [1.165, 1.54) is 25.0 Å². The van der Waals surface area contributed by atoms with Gasteiger partial charge in [0, 0.05) is 6.04 Å². The summed E-state index contributed by atoms with van der Waals surface area (Å²) >= 11 is 0. The van der Waals surface area contributed by atoms with E-state index in [0.717, 1.165) is 12.8 Å². The number of benzene rings is 1. The minimum absolute atomic E-state index is 0.0573. The minimum Gasteiger partial charge on any atom is -0.508 e. The summed E-state index contributed by atoms with van der Waals surface area (Å²) in [6.45, 7) is 4.41. The number of nitrogens with zero attached hydrogens (tertiary/aromatic N) is 1. The second kappa shape index (κ2) is 6.11. The molecule has 0 amide bonds. The van der Waals surface area contributed by atoms with E-state index in [9.17, 15) is 15.2 Å². The molecule has 0 bridgehead atoms. The van der Waals surface area contributed by atoms with E-state index in [2.05, 4.69) is 19.2 Å². The molecule has 0 spiro atoms. The van der Waals surface area contributed by atoms with Crippen molar-refractivity contribution in [1.29, 1.82) is 0 Å². The largest absolute Gasteiger partial charge is 0.508 e. The zero-order chi connectivity index (χ0) is 14.7. The van der Waals surface area contributed by atoms with Gasteiger partial charge in [-0.1, -0.05) is 26.7 Å². The van der Waals surface area contributed by atoms with Crippen molar-refractivity contribution in [2.24, 2.45) is 11.8 Å². The van der Waals surface area contributed by atoms with Crippen LogP contribution < -0.4 is 5.32 Å². The molecular weight excluding hydrogens is 256 g/mol. The first-order valence-corrected chi connectivity index (χ1v) is 7.23. The highest BCUT2D eigenvalue weighted by Gasteiger charge is 2.29. The van der Waals surface area contributed by atoms with Crippen LogP contribution in [0.15, 0.2) is 18.2 Å². The SMILES string of the molecule is CC(C)C1CCCCC1Nc1ccc(O)cc1[N+](=O)[O-]. The molecule has 0 saturated heterocycles. The highest BCUT2D eigenvalue weighted by molar-refractivity contribution is 5.64. The first kappa shape index (κ1) is 14.6. The summed E-state index contributed by atoms with van der Waals surface area (Å²) < 4.78 is 0. The van der Waals surface area contributed by atoms with Crippen molar-refractivity contribution in [3.63, 3.8) is 0 Å². The average molecular weight is 278 g/mol. The van der Waals surface area contributed by atoms with Crippen LogP contribution in [0.2, 0.25) is 0 Å². The smallest absolute Gasteiger partial charge is 0.296 e. The van der Waals surface area contributed by atoms with Gasteiger partial charge in [-0.3, -0.25) is 10.1 Å². The summed E-state index contributed by atoms with van der Waals surface area (Å²) in [4.78, 5) is 10.6. The van der Waals surface area contributed by atoms with Gasteiger partial charge in [0.25, 0.3) is 5.69 Å². The number of anilines is 1. The number of hydrogen-bond donors (Lipinski definition) is 2. The van der Waals surface area contributed by atoms with Crippen LogP contribution in [0.1, 0.15) is 39.5 Å². The van der Waals surface area contributed by atoms with Crippen molar-refractivity contribution in [3.05, 3.63) is 28.3 Å². The summed E-state index contributed by atoms with van der Waals surface area (Å²) in [7, 11) is 0. The quantitative estimate of drug-likeness (QED) is 0.497. The molecule has 1 aliphatic rings. The Hall–Kier alpha value is -1.78. The van der Waals surface area contributed by atoms with Crippen molar-refractivity contribution in [2.45, 2.75) is 45.6 Å². The molecule has 5 heteroatoms. The Morgan fingerprint density at radius 3 is 2.70 bits per heavy atom. The first-order chi connectivity index (χ1) is 9.49. The molecule has 1 aromatic rings. The number of phenolic OH excluding ortho intramolecular Hbond substituents is 1. The summed E-state index contributed by atoms with van der Waals surface area (Å²) in [5, 5.41) is 23.8. The second-order valence-electron chi connectivity index (χ2n) is 5.90. The van der Waals surface area contributed by atoms with Gasteiger partial charge in [0.1, 0.15) is 11.4 Å². The van der Waals surface area contributed by atoms with E-state index in [1.807, 2.05) is 0 Å². The number of nitrogens with one attached hydrogen (secondary N) is 1. The number of nitro benzene ring substituents is 1. The maximum atomic E-state index is 11.1.